The summed E-state index contributed by atoms with van der Waals surface area (Å²) in [5.41, 5.74) is 0. The van der Waals surface area contributed by atoms with Gasteiger partial charge in [-0.15, -0.1) is 0 Å². The minimum Gasteiger partial charge on any atom is -0.450 e. The van der Waals surface area contributed by atoms with Gasteiger partial charge in [0, 0.05) is 13.9 Å². The first kappa shape index (κ1) is 14.2. The SMILES string of the molecule is CC[P+](C)(CC)CC.O=C(O)O. The monoisotopic (exact) mass is 195 g/mol. The summed E-state index contributed by atoms with van der Waals surface area (Å²) in [5.74, 6) is 0. The molecule has 0 spiro atoms. The molecule has 0 aliphatic rings. The Hall–Kier alpha value is -0.300. The predicted molar refractivity (Wildman–Crippen MR) is 55.1 cm³/mol. The lowest BCUT2D eigenvalue weighted by Crippen LogP contribution is -1.98. The summed E-state index contributed by atoms with van der Waals surface area (Å²) < 4.78 is 0. The maximum atomic E-state index is 8.56. The van der Waals surface area contributed by atoms with Crippen molar-refractivity contribution in [3.63, 3.8) is 0 Å². The van der Waals surface area contributed by atoms with Crippen LogP contribution in [0.25, 0.3) is 0 Å². The quantitative estimate of drug-likeness (QED) is 0.681. The molecule has 0 aliphatic carbocycles. The number of carbonyl (C=O) groups is 1. The van der Waals surface area contributed by atoms with Gasteiger partial charge < -0.3 is 10.2 Å². The summed E-state index contributed by atoms with van der Waals surface area (Å²) in [4.78, 5) is 8.56. The van der Waals surface area contributed by atoms with Gasteiger partial charge >= 0.3 is 6.16 Å². The number of rotatable bonds is 3. The van der Waals surface area contributed by atoms with Gasteiger partial charge in [0.05, 0.1) is 18.5 Å². The zero-order valence-corrected chi connectivity index (χ0v) is 9.27. The molecule has 3 nitrogen and oxygen atoms in total. The van der Waals surface area contributed by atoms with Crippen molar-refractivity contribution in [2.24, 2.45) is 0 Å². The second-order valence-corrected chi connectivity index (χ2v) is 7.99. The Morgan fingerprint density at radius 2 is 1.25 bits per heavy atom. The highest BCUT2D eigenvalue weighted by Gasteiger charge is 2.22. The van der Waals surface area contributed by atoms with Gasteiger partial charge in [0.2, 0.25) is 0 Å². The van der Waals surface area contributed by atoms with Crippen LogP contribution in [0.4, 0.5) is 4.79 Å². The van der Waals surface area contributed by atoms with Gasteiger partial charge in [-0.25, -0.2) is 4.79 Å². The molecule has 0 aromatic carbocycles. The fraction of sp³-hybridized carbons (Fsp3) is 0.875. The van der Waals surface area contributed by atoms with E-state index >= 15 is 0 Å². The molecule has 0 heterocycles. The standard InChI is InChI=1S/C7H18P.CH2O3/c1-5-8(4,6-2)7-3;2-1(3)4/h5-7H2,1-4H3;(H2,2,3,4)/q+1;. The second-order valence-electron chi connectivity index (χ2n) is 2.85. The maximum Gasteiger partial charge on any atom is 0.503 e. The van der Waals surface area contributed by atoms with Crippen LogP contribution in [0.1, 0.15) is 20.8 Å². The lowest BCUT2D eigenvalue weighted by atomic mass is 10.9. The highest BCUT2D eigenvalue weighted by atomic mass is 31.2. The van der Waals surface area contributed by atoms with Crippen molar-refractivity contribution in [1.29, 1.82) is 0 Å². The van der Waals surface area contributed by atoms with E-state index in [2.05, 4.69) is 27.4 Å². The smallest absolute Gasteiger partial charge is 0.450 e. The molecular weight excluding hydrogens is 175 g/mol. The molecule has 0 aromatic rings. The van der Waals surface area contributed by atoms with Gasteiger partial charge in [0.25, 0.3) is 0 Å². The molecule has 0 aliphatic heterocycles. The van der Waals surface area contributed by atoms with E-state index in [0.29, 0.717) is 0 Å². The third-order valence-electron chi connectivity index (χ3n) is 2.29. The summed E-state index contributed by atoms with van der Waals surface area (Å²) in [6.07, 6.45) is 2.46. The molecule has 0 saturated carbocycles. The Morgan fingerprint density at radius 1 is 1.08 bits per heavy atom. The Kier molecular flexibility index (Phi) is 8.73. The van der Waals surface area contributed by atoms with Crippen LogP contribution in [0.5, 0.6) is 0 Å². The fourth-order valence-corrected chi connectivity index (χ4v) is 2.01. The summed E-state index contributed by atoms with van der Waals surface area (Å²) >= 11 is 0. The Morgan fingerprint density at radius 3 is 1.25 bits per heavy atom. The van der Waals surface area contributed by atoms with Crippen molar-refractivity contribution < 1.29 is 15.0 Å². The molecule has 0 amide bonds. The van der Waals surface area contributed by atoms with Gasteiger partial charge in [0.15, 0.2) is 0 Å². The van der Waals surface area contributed by atoms with E-state index in [4.69, 9.17) is 15.0 Å². The van der Waals surface area contributed by atoms with E-state index in [1.807, 2.05) is 0 Å². The lowest BCUT2D eigenvalue weighted by Gasteiger charge is -2.16. The highest BCUT2D eigenvalue weighted by molar-refractivity contribution is 7.75. The van der Waals surface area contributed by atoms with Crippen molar-refractivity contribution in [2.45, 2.75) is 20.8 Å². The van der Waals surface area contributed by atoms with E-state index in [9.17, 15) is 0 Å². The normalized spacial score (nSPS) is 10.0. The van der Waals surface area contributed by atoms with Crippen molar-refractivity contribution in [2.75, 3.05) is 25.2 Å². The van der Waals surface area contributed by atoms with Crippen molar-refractivity contribution in [1.82, 2.24) is 0 Å². The third-order valence-corrected chi connectivity index (χ3v) is 6.87. The topological polar surface area (TPSA) is 57.5 Å². The number of carboxylic acid groups (broad SMARTS) is 2. The summed E-state index contributed by atoms with van der Waals surface area (Å²) in [6, 6.07) is 0. The molecule has 0 rings (SSSR count). The molecule has 0 bridgehead atoms. The van der Waals surface area contributed by atoms with Gasteiger partial charge in [-0.3, -0.25) is 0 Å². The van der Waals surface area contributed by atoms with Gasteiger partial charge in [-0.05, 0) is 20.8 Å². The van der Waals surface area contributed by atoms with Gasteiger partial charge in [-0.2, -0.15) is 0 Å². The molecular formula is C8H20O3P+. The molecule has 12 heavy (non-hydrogen) atoms. The van der Waals surface area contributed by atoms with Crippen LogP contribution in [-0.2, 0) is 0 Å². The van der Waals surface area contributed by atoms with Crippen LogP contribution in [0.2, 0.25) is 0 Å². The van der Waals surface area contributed by atoms with E-state index in [-0.39, 0.29) is 0 Å². The second kappa shape index (κ2) is 7.35. The minimum atomic E-state index is -1.83. The van der Waals surface area contributed by atoms with Crippen LogP contribution in [0.15, 0.2) is 0 Å². The first-order valence-corrected chi connectivity index (χ1v) is 6.96. The molecule has 2 N–H and O–H groups in total. The first-order valence-electron chi connectivity index (χ1n) is 4.17. The summed E-state index contributed by atoms with van der Waals surface area (Å²) in [7, 11) is -0.412. The third kappa shape index (κ3) is 9.70. The molecule has 0 fully saturated rings. The lowest BCUT2D eigenvalue weighted by molar-refractivity contribution is 0.137. The van der Waals surface area contributed by atoms with Crippen LogP contribution in [0, 0.1) is 0 Å². The predicted octanol–water partition coefficient (Wildman–Crippen LogP) is 2.92. The van der Waals surface area contributed by atoms with Crippen LogP contribution < -0.4 is 0 Å². The van der Waals surface area contributed by atoms with Crippen LogP contribution in [0.3, 0.4) is 0 Å². The summed E-state index contributed by atoms with van der Waals surface area (Å²) in [5, 5.41) is 13.9. The van der Waals surface area contributed by atoms with Crippen molar-refractivity contribution >= 4 is 13.4 Å². The largest absolute Gasteiger partial charge is 0.503 e. The zero-order valence-electron chi connectivity index (χ0n) is 8.37. The maximum absolute atomic E-state index is 8.56. The van der Waals surface area contributed by atoms with Gasteiger partial charge in [-0.1, -0.05) is 0 Å². The average Bonchev–Trinajstić information content (AvgIpc) is 2.02. The fourth-order valence-electron chi connectivity index (χ4n) is 0.671. The molecule has 74 valence electrons. The van der Waals surface area contributed by atoms with Gasteiger partial charge in [0.1, 0.15) is 0 Å². The Balaban J connectivity index is 0. The van der Waals surface area contributed by atoms with Crippen molar-refractivity contribution in [3.05, 3.63) is 0 Å². The van der Waals surface area contributed by atoms with E-state index in [1.165, 1.54) is 18.5 Å². The highest BCUT2D eigenvalue weighted by Crippen LogP contribution is 2.53. The minimum absolute atomic E-state index is 0.412. The van der Waals surface area contributed by atoms with Crippen LogP contribution in [-0.4, -0.2) is 41.5 Å². The Bertz CT molecular complexity index is 109. The molecule has 0 saturated heterocycles. The molecule has 0 atom stereocenters. The number of hydrogen-bond donors (Lipinski definition) is 2. The summed E-state index contributed by atoms with van der Waals surface area (Å²) in [6.45, 7) is 9.43. The molecule has 0 unspecified atom stereocenters. The molecule has 0 radical (unpaired) electrons. The van der Waals surface area contributed by atoms with E-state index < -0.39 is 13.4 Å². The number of hydrogen-bond acceptors (Lipinski definition) is 1. The molecule has 0 aromatic heterocycles. The van der Waals surface area contributed by atoms with E-state index in [1.54, 1.807) is 0 Å². The van der Waals surface area contributed by atoms with E-state index in [0.717, 1.165) is 0 Å². The average molecular weight is 195 g/mol. The van der Waals surface area contributed by atoms with Crippen LogP contribution >= 0.6 is 7.26 Å². The van der Waals surface area contributed by atoms with Crippen molar-refractivity contribution in [3.8, 4) is 0 Å². The first-order chi connectivity index (χ1) is 5.41. The Labute approximate surface area is 75.1 Å². The molecule has 4 heteroatoms. The zero-order chi connectivity index (χ0) is 10.2.